The Hall–Kier alpha value is -1.37. The normalized spacial score (nSPS) is 10.8. The molecule has 0 bridgehead atoms. The maximum absolute atomic E-state index is 5.67. The van der Waals surface area contributed by atoms with E-state index in [0.29, 0.717) is 13.2 Å². The van der Waals surface area contributed by atoms with E-state index in [1.165, 1.54) is 0 Å². The number of nitrogens with zero attached hydrogens (tertiary/aromatic N) is 2. The van der Waals surface area contributed by atoms with Crippen molar-refractivity contribution in [1.29, 1.82) is 0 Å². The zero-order valence-electron chi connectivity index (χ0n) is 12.1. The lowest BCUT2D eigenvalue weighted by Crippen LogP contribution is -2.19. The van der Waals surface area contributed by atoms with Gasteiger partial charge in [0.05, 0.1) is 18.8 Å². The zero-order valence-corrected chi connectivity index (χ0v) is 13.7. The molecule has 6 heteroatoms. The average Bonchev–Trinajstić information content (AvgIpc) is 2.94. The van der Waals surface area contributed by atoms with Crippen LogP contribution in [0.1, 0.15) is 5.69 Å². The first-order valence-corrected chi connectivity index (χ1v) is 7.67. The van der Waals surface area contributed by atoms with Gasteiger partial charge in [0.25, 0.3) is 0 Å². The number of hydrogen-bond donors (Lipinski definition) is 1. The third-order valence-electron chi connectivity index (χ3n) is 2.89. The van der Waals surface area contributed by atoms with Gasteiger partial charge < -0.3 is 14.8 Å². The Morgan fingerprint density at radius 3 is 2.76 bits per heavy atom. The molecule has 0 aliphatic carbocycles. The van der Waals surface area contributed by atoms with Gasteiger partial charge in [-0.25, -0.2) is 0 Å². The van der Waals surface area contributed by atoms with E-state index in [4.69, 9.17) is 9.47 Å². The molecule has 1 aromatic carbocycles. The Balaban J connectivity index is 1.69. The van der Waals surface area contributed by atoms with Gasteiger partial charge in [-0.05, 0) is 30.3 Å². The average molecular weight is 354 g/mol. The lowest BCUT2D eigenvalue weighted by atomic mass is 10.3. The molecule has 1 aromatic heterocycles. The smallest absolute Gasteiger partial charge is 0.119 e. The number of aromatic nitrogens is 2. The van der Waals surface area contributed by atoms with Crippen LogP contribution in [0, 0.1) is 0 Å². The highest BCUT2D eigenvalue weighted by Gasteiger charge is 1.99. The summed E-state index contributed by atoms with van der Waals surface area (Å²) >= 11 is 3.40. The summed E-state index contributed by atoms with van der Waals surface area (Å²) < 4.78 is 13.6. The molecule has 0 fully saturated rings. The molecule has 0 unspecified atom stereocenters. The fraction of sp³-hybridized carbons (Fsp3) is 0.400. The first kappa shape index (κ1) is 16.0. The minimum absolute atomic E-state index is 0.597. The monoisotopic (exact) mass is 353 g/mol. The summed E-state index contributed by atoms with van der Waals surface area (Å²) in [7, 11) is 1.70. The van der Waals surface area contributed by atoms with Crippen LogP contribution >= 0.6 is 15.9 Å². The minimum Gasteiger partial charge on any atom is -0.492 e. The van der Waals surface area contributed by atoms with Crippen LogP contribution in [0.3, 0.4) is 0 Å². The maximum atomic E-state index is 5.67. The minimum atomic E-state index is 0.597. The Bertz CT molecular complexity index is 528. The predicted octanol–water partition coefficient (Wildman–Crippen LogP) is 2.46. The van der Waals surface area contributed by atoms with Gasteiger partial charge in [-0.2, -0.15) is 5.10 Å². The van der Waals surface area contributed by atoms with Gasteiger partial charge in [-0.3, -0.25) is 4.68 Å². The van der Waals surface area contributed by atoms with Crippen LogP contribution < -0.4 is 10.1 Å². The van der Waals surface area contributed by atoms with Crippen molar-refractivity contribution < 1.29 is 9.47 Å². The van der Waals surface area contributed by atoms with E-state index < -0.39 is 0 Å². The van der Waals surface area contributed by atoms with E-state index in [9.17, 15) is 0 Å². The summed E-state index contributed by atoms with van der Waals surface area (Å²) in [5.41, 5.74) is 1.02. The van der Waals surface area contributed by atoms with E-state index in [1.54, 1.807) is 7.11 Å². The van der Waals surface area contributed by atoms with Crippen molar-refractivity contribution in [2.24, 2.45) is 0 Å². The fourth-order valence-electron chi connectivity index (χ4n) is 1.80. The van der Waals surface area contributed by atoms with Crippen LogP contribution in [0.15, 0.2) is 41.0 Å². The fourth-order valence-corrected chi connectivity index (χ4v) is 2.07. The van der Waals surface area contributed by atoms with E-state index in [0.717, 1.165) is 35.6 Å². The van der Waals surface area contributed by atoms with Crippen LogP contribution in [0.2, 0.25) is 0 Å². The maximum Gasteiger partial charge on any atom is 0.119 e. The van der Waals surface area contributed by atoms with Gasteiger partial charge in [0.2, 0.25) is 0 Å². The molecule has 0 saturated carbocycles. The Morgan fingerprint density at radius 2 is 2.00 bits per heavy atom. The molecule has 0 aliphatic rings. The molecule has 2 rings (SSSR count). The van der Waals surface area contributed by atoms with Gasteiger partial charge in [-0.1, -0.05) is 15.9 Å². The van der Waals surface area contributed by atoms with Crippen LogP contribution in [-0.2, 0) is 17.8 Å². The number of nitrogens with one attached hydrogen (secondary N) is 1. The Morgan fingerprint density at radius 1 is 1.19 bits per heavy atom. The van der Waals surface area contributed by atoms with E-state index >= 15 is 0 Å². The topological polar surface area (TPSA) is 48.3 Å². The molecule has 0 spiro atoms. The molecule has 0 radical (unpaired) electrons. The van der Waals surface area contributed by atoms with Crippen molar-refractivity contribution in [2.45, 2.75) is 13.1 Å². The number of benzene rings is 1. The van der Waals surface area contributed by atoms with Crippen LogP contribution in [-0.4, -0.2) is 36.6 Å². The van der Waals surface area contributed by atoms with Crippen LogP contribution in [0.4, 0.5) is 0 Å². The van der Waals surface area contributed by atoms with Gasteiger partial charge in [0.1, 0.15) is 12.4 Å². The molecule has 0 atom stereocenters. The third kappa shape index (κ3) is 5.87. The number of ether oxygens (including phenoxy) is 2. The van der Waals surface area contributed by atoms with Crippen molar-refractivity contribution in [2.75, 3.05) is 26.9 Å². The summed E-state index contributed by atoms with van der Waals surface area (Å²) in [5.74, 6) is 0.867. The van der Waals surface area contributed by atoms with Gasteiger partial charge in [-0.15, -0.1) is 0 Å². The van der Waals surface area contributed by atoms with Crippen LogP contribution in [0.5, 0.6) is 5.75 Å². The molecule has 1 N–H and O–H groups in total. The van der Waals surface area contributed by atoms with E-state index in [-0.39, 0.29) is 0 Å². The molecule has 114 valence electrons. The lowest BCUT2D eigenvalue weighted by molar-refractivity contribution is 0.199. The number of halogens is 1. The quantitative estimate of drug-likeness (QED) is 0.703. The van der Waals surface area contributed by atoms with Gasteiger partial charge in [0.15, 0.2) is 0 Å². The van der Waals surface area contributed by atoms with Crippen molar-refractivity contribution in [3.8, 4) is 5.75 Å². The molecule has 0 aliphatic heterocycles. The van der Waals surface area contributed by atoms with E-state index in [2.05, 4.69) is 26.3 Å². The van der Waals surface area contributed by atoms with Crippen LogP contribution in [0.25, 0.3) is 0 Å². The standard InChI is InChI=1S/C15H20BrN3O2/c1-20-10-7-17-12-14-6-8-19(18-14)9-11-21-15-4-2-13(16)3-5-15/h2-6,8,17H,7,9-12H2,1H3. The van der Waals surface area contributed by atoms with Crippen molar-refractivity contribution in [3.05, 3.63) is 46.7 Å². The van der Waals surface area contributed by atoms with Crippen molar-refractivity contribution in [1.82, 2.24) is 15.1 Å². The summed E-state index contributed by atoms with van der Waals surface area (Å²) in [6.07, 6.45) is 1.97. The summed E-state index contributed by atoms with van der Waals surface area (Å²) in [4.78, 5) is 0. The highest BCUT2D eigenvalue weighted by Crippen LogP contribution is 2.15. The largest absolute Gasteiger partial charge is 0.492 e. The third-order valence-corrected chi connectivity index (χ3v) is 3.42. The van der Waals surface area contributed by atoms with E-state index in [1.807, 2.05) is 41.2 Å². The summed E-state index contributed by atoms with van der Waals surface area (Å²) in [5, 5.41) is 7.75. The molecular weight excluding hydrogens is 334 g/mol. The molecule has 1 heterocycles. The van der Waals surface area contributed by atoms with Gasteiger partial charge >= 0.3 is 0 Å². The summed E-state index contributed by atoms with van der Waals surface area (Å²) in [6, 6.07) is 9.83. The first-order valence-electron chi connectivity index (χ1n) is 6.88. The Kier molecular flexibility index (Phi) is 6.72. The summed E-state index contributed by atoms with van der Waals surface area (Å²) in [6.45, 7) is 3.62. The zero-order chi connectivity index (χ0) is 14.9. The second-order valence-corrected chi connectivity index (χ2v) is 5.46. The van der Waals surface area contributed by atoms with Gasteiger partial charge in [0, 0.05) is 30.9 Å². The number of hydrogen-bond acceptors (Lipinski definition) is 4. The number of rotatable bonds is 9. The number of methoxy groups -OCH3 is 1. The molecular formula is C15H20BrN3O2. The SMILES string of the molecule is COCCNCc1ccn(CCOc2ccc(Br)cc2)n1. The molecule has 0 saturated heterocycles. The molecule has 21 heavy (non-hydrogen) atoms. The van der Waals surface area contributed by atoms with Crippen molar-refractivity contribution >= 4 is 15.9 Å². The van der Waals surface area contributed by atoms with Crippen molar-refractivity contribution in [3.63, 3.8) is 0 Å². The second kappa shape index (κ2) is 8.81. The highest BCUT2D eigenvalue weighted by atomic mass is 79.9. The molecule has 5 nitrogen and oxygen atoms in total. The highest BCUT2D eigenvalue weighted by molar-refractivity contribution is 9.10. The predicted molar refractivity (Wildman–Crippen MR) is 85.4 cm³/mol. The first-order chi connectivity index (χ1) is 10.3. The lowest BCUT2D eigenvalue weighted by Gasteiger charge is -2.06. The molecule has 0 amide bonds. The molecule has 2 aromatic rings. The Labute approximate surface area is 133 Å². The second-order valence-electron chi connectivity index (χ2n) is 4.54.